The first-order valence-electron chi connectivity index (χ1n) is 18.0. The van der Waals surface area contributed by atoms with Crippen molar-refractivity contribution < 1.29 is 8.83 Å². The molecule has 0 saturated carbocycles. The molecule has 0 bridgehead atoms. The number of hydrogen-bond acceptors (Lipinski definition) is 2. The summed E-state index contributed by atoms with van der Waals surface area (Å²) in [6.07, 6.45) is 8.72. The Hall–Kier alpha value is -6.78. The van der Waals surface area contributed by atoms with E-state index in [1.54, 1.807) is 0 Å². The van der Waals surface area contributed by atoms with E-state index in [0.29, 0.717) is 0 Å². The maximum Gasteiger partial charge on any atom is 0.145 e. The first kappa shape index (κ1) is 28.0. The second kappa shape index (κ2) is 10.4. The lowest BCUT2D eigenvalue weighted by atomic mass is 9.99. The molecule has 0 unspecified atom stereocenters. The molecule has 0 amide bonds. The maximum atomic E-state index is 6.66. The Morgan fingerprint density at radius 3 is 1.90 bits per heavy atom. The lowest BCUT2D eigenvalue weighted by Gasteiger charge is -2.14. The molecule has 4 heteroatoms. The highest BCUT2D eigenvalue weighted by Gasteiger charge is 2.21. The zero-order chi connectivity index (χ0) is 33.9. The van der Waals surface area contributed by atoms with E-state index in [1.165, 1.54) is 44.0 Å². The van der Waals surface area contributed by atoms with Crippen LogP contribution in [0.25, 0.3) is 110 Å². The van der Waals surface area contributed by atoms with E-state index < -0.39 is 0 Å². The Morgan fingerprint density at radius 2 is 1.12 bits per heavy atom. The highest BCUT2D eigenvalue weighted by molar-refractivity contribution is 6.24. The monoisotopic (exact) mass is 666 g/mol. The van der Waals surface area contributed by atoms with Crippen LogP contribution >= 0.6 is 0 Å². The summed E-state index contributed by atoms with van der Waals surface area (Å²) in [4.78, 5) is 0. The summed E-state index contributed by atoms with van der Waals surface area (Å²) in [5.74, 6) is 0. The van der Waals surface area contributed by atoms with Gasteiger partial charge in [-0.2, -0.15) is 0 Å². The Kier molecular flexibility index (Phi) is 5.58. The highest BCUT2D eigenvalue weighted by Crippen LogP contribution is 2.44. The number of furan rings is 2. The molecular formula is C48H30N2O2. The van der Waals surface area contributed by atoms with Crippen molar-refractivity contribution in [3.63, 3.8) is 0 Å². The predicted molar refractivity (Wildman–Crippen MR) is 216 cm³/mol. The molecule has 0 aliphatic heterocycles. The molecule has 244 valence electrons. The molecule has 52 heavy (non-hydrogen) atoms. The van der Waals surface area contributed by atoms with Crippen LogP contribution in [0.15, 0.2) is 167 Å². The molecule has 4 aromatic heterocycles. The van der Waals surface area contributed by atoms with Gasteiger partial charge in [0.1, 0.15) is 22.3 Å². The predicted octanol–water partition coefficient (Wildman–Crippen LogP) is 13.5. The average molecular weight is 667 g/mol. The average Bonchev–Trinajstić information content (AvgIpc) is 3.94. The number of para-hydroxylation sites is 3. The van der Waals surface area contributed by atoms with E-state index in [1.807, 2.05) is 12.1 Å². The lowest BCUT2D eigenvalue weighted by Crippen LogP contribution is -1.98. The van der Waals surface area contributed by atoms with Crippen LogP contribution in [0.5, 0.6) is 0 Å². The van der Waals surface area contributed by atoms with E-state index in [9.17, 15) is 0 Å². The molecule has 4 heterocycles. The van der Waals surface area contributed by atoms with Gasteiger partial charge >= 0.3 is 0 Å². The van der Waals surface area contributed by atoms with Crippen LogP contribution in [0.3, 0.4) is 0 Å². The first-order chi connectivity index (χ1) is 25.8. The zero-order valence-corrected chi connectivity index (χ0v) is 28.1. The number of fused-ring (bicyclic) bond motifs is 13. The Morgan fingerprint density at radius 1 is 0.442 bits per heavy atom. The zero-order valence-electron chi connectivity index (χ0n) is 28.1. The second-order valence-corrected chi connectivity index (χ2v) is 14.0. The van der Waals surface area contributed by atoms with Crippen LogP contribution in [0.2, 0.25) is 0 Å². The van der Waals surface area contributed by atoms with Gasteiger partial charge in [-0.25, -0.2) is 0 Å². The largest absolute Gasteiger partial charge is 0.456 e. The molecule has 0 fully saturated rings. The normalized spacial score (nSPS) is 13.7. The minimum atomic E-state index is 0.909. The van der Waals surface area contributed by atoms with Gasteiger partial charge in [0.2, 0.25) is 0 Å². The summed E-state index contributed by atoms with van der Waals surface area (Å²) in [7, 11) is 0. The first-order valence-corrected chi connectivity index (χ1v) is 18.0. The van der Waals surface area contributed by atoms with Crippen molar-refractivity contribution in [1.82, 2.24) is 9.13 Å². The summed E-state index contributed by atoms with van der Waals surface area (Å²) in [6.45, 7) is 0. The molecule has 4 nitrogen and oxygen atoms in total. The van der Waals surface area contributed by atoms with Gasteiger partial charge in [0.25, 0.3) is 0 Å². The van der Waals surface area contributed by atoms with Crippen molar-refractivity contribution in [2.75, 3.05) is 0 Å². The third-order valence-electron chi connectivity index (χ3n) is 11.2. The second-order valence-electron chi connectivity index (χ2n) is 14.0. The van der Waals surface area contributed by atoms with Crippen LogP contribution in [0, 0.1) is 0 Å². The van der Waals surface area contributed by atoms with Gasteiger partial charge in [-0.15, -0.1) is 0 Å². The van der Waals surface area contributed by atoms with Crippen LogP contribution < -0.4 is 0 Å². The number of nitrogens with zero attached hydrogens (tertiary/aromatic N) is 2. The smallest absolute Gasteiger partial charge is 0.145 e. The van der Waals surface area contributed by atoms with Crippen LogP contribution in [0.4, 0.5) is 0 Å². The van der Waals surface area contributed by atoms with Gasteiger partial charge < -0.3 is 18.0 Å². The quantitative estimate of drug-likeness (QED) is 0.188. The number of aromatic nitrogens is 2. The Balaban J connectivity index is 1.14. The van der Waals surface area contributed by atoms with Gasteiger partial charge in [0.05, 0.1) is 27.5 Å². The maximum absolute atomic E-state index is 6.66. The molecule has 0 atom stereocenters. The topological polar surface area (TPSA) is 36.1 Å². The molecule has 12 rings (SSSR count). The fourth-order valence-electron chi connectivity index (χ4n) is 8.82. The van der Waals surface area contributed by atoms with Crippen molar-refractivity contribution in [2.24, 2.45) is 0 Å². The number of allylic oxidation sites excluding steroid dienone is 4. The van der Waals surface area contributed by atoms with Crippen molar-refractivity contribution in [3.05, 3.63) is 158 Å². The van der Waals surface area contributed by atoms with Crippen LogP contribution in [-0.4, -0.2) is 9.13 Å². The van der Waals surface area contributed by atoms with E-state index in [2.05, 4.69) is 155 Å². The van der Waals surface area contributed by atoms with E-state index >= 15 is 0 Å². The standard InChI is InChI=1S/C48H30N2O2/c1-3-11-31(12-4-1)49-41-23-20-30(26-39(41)47-42(49)24-21-35-33-15-7-10-18-45(33)52-48(35)47)29-19-22-40-36(25-29)37-27-38-34-16-8-9-17-44(34)51-46(38)28-43(37)50(40)32-13-5-2-6-14-32/h1-5,7-13,15-28H,6,14H2. The fourth-order valence-corrected chi connectivity index (χ4v) is 8.82. The van der Waals surface area contributed by atoms with Crippen LogP contribution in [0.1, 0.15) is 12.8 Å². The van der Waals surface area contributed by atoms with E-state index in [-0.39, 0.29) is 0 Å². The molecule has 7 aromatic carbocycles. The van der Waals surface area contributed by atoms with Crippen molar-refractivity contribution in [2.45, 2.75) is 12.8 Å². The SMILES string of the molecule is C1=CCCC(n2c3ccc(-c4ccc5c(c4)c4c6oc7ccccc7c6ccc4n5-c4ccccc4)cc3c3cc4c(cc32)oc2ccccc24)=C1. The highest BCUT2D eigenvalue weighted by atomic mass is 16.3. The summed E-state index contributed by atoms with van der Waals surface area (Å²) >= 11 is 0. The van der Waals surface area contributed by atoms with Crippen molar-refractivity contribution >= 4 is 93.2 Å². The molecule has 1 aliphatic carbocycles. The molecule has 11 aromatic rings. The van der Waals surface area contributed by atoms with Gasteiger partial charge in [0.15, 0.2) is 0 Å². The van der Waals surface area contributed by atoms with Gasteiger partial charge in [-0.3, -0.25) is 0 Å². The molecule has 1 aliphatic rings. The summed E-state index contributed by atoms with van der Waals surface area (Å²) in [5.41, 5.74) is 13.1. The molecular weight excluding hydrogens is 637 g/mol. The minimum Gasteiger partial charge on any atom is -0.456 e. The summed E-state index contributed by atoms with van der Waals surface area (Å²) in [5, 5.41) is 9.36. The Bertz CT molecular complexity index is 3340. The molecule has 0 radical (unpaired) electrons. The van der Waals surface area contributed by atoms with Crippen molar-refractivity contribution in [1.29, 1.82) is 0 Å². The molecule has 0 saturated heterocycles. The van der Waals surface area contributed by atoms with Gasteiger partial charge in [0, 0.05) is 55.2 Å². The lowest BCUT2D eigenvalue weighted by molar-refractivity contribution is 0.669. The van der Waals surface area contributed by atoms with Gasteiger partial charge in [-0.05, 0) is 96.8 Å². The third-order valence-corrected chi connectivity index (χ3v) is 11.2. The van der Waals surface area contributed by atoms with Crippen LogP contribution in [-0.2, 0) is 0 Å². The molecule has 0 N–H and O–H groups in total. The van der Waals surface area contributed by atoms with E-state index in [4.69, 9.17) is 8.83 Å². The van der Waals surface area contributed by atoms with E-state index in [0.717, 1.165) is 78.8 Å². The third kappa shape index (κ3) is 3.81. The van der Waals surface area contributed by atoms with Crippen molar-refractivity contribution in [3.8, 4) is 16.8 Å². The number of rotatable bonds is 3. The summed E-state index contributed by atoms with van der Waals surface area (Å²) in [6, 6.07) is 50.3. The summed E-state index contributed by atoms with van der Waals surface area (Å²) < 4.78 is 17.9. The van der Waals surface area contributed by atoms with Gasteiger partial charge in [-0.1, -0.05) is 78.9 Å². The number of hydrogen-bond donors (Lipinski definition) is 0. The number of benzene rings is 7. The fraction of sp³-hybridized carbons (Fsp3) is 0.0417. The molecule has 0 spiro atoms. The Labute approximate surface area is 297 Å². The minimum absolute atomic E-state index is 0.909.